The molecule has 1 aromatic rings. The number of aromatic hydroxyl groups is 2. The summed E-state index contributed by atoms with van der Waals surface area (Å²) in [7, 11) is 0. The van der Waals surface area contributed by atoms with Gasteiger partial charge in [0.25, 0.3) is 0 Å². The van der Waals surface area contributed by atoms with E-state index in [9.17, 15) is 24.6 Å². The van der Waals surface area contributed by atoms with Gasteiger partial charge in [0.1, 0.15) is 29.1 Å². The molecule has 0 unspecified atom stereocenters. The van der Waals surface area contributed by atoms with Gasteiger partial charge in [-0.2, -0.15) is 0 Å². The van der Waals surface area contributed by atoms with E-state index in [2.05, 4.69) is 19.9 Å². The zero-order chi connectivity index (χ0) is 33.1. The van der Waals surface area contributed by atoms with E-state index in [0.717, 1.165) is 30.3 Å². The molecule has 7 heteroatoms. The molecule has 2 heterocycles. The number of ketones is 2. The molecule has 2 aliphatic heterocycles. The summed E-state index contributed by atoms with van der Waals surface area (Å²) >= 11 is 0. The van der Waals surface area contributed by atoms with Crippen LogP contribution in [0.3, 0.4) is 0 Å². The quantitative estimate of drug-likeness (QED) is 0.161. The van der Waals surface area contributed by atoms with Gasteiger partial charge in [-0.3, -0.25) is 14.4 Å². The first-order valence-electron chi connectivity index (χ1n) is 16.0. The van der Waals surface area contributed by atoms with E-state index >= 15 is 0 Å². The number of phenols is 2. The van der Waals surface area contributed by atoms with Crippen LogP contribution in [-0.2, 0) is 27.2 Å². The van der Waals surface area contributed by atoms with E-state index in [4.69, 9.17) is 9.47 Å². The van der Waals surface area contributed by atoms with Gasteiger partial charge in [-0.15, -0.1) is 0 Å². The fourth-order valence-electron chi connectivity index (χ4n) is 7.77. The van der Waals surface area contributed by atoms with Gasteiger partial charge < -0.3 is 19.7 Å². The predicted octanol–water partition coefficient (Wildman–Crippen LogP) is 7.38. The molecule has 45 heavy (non-hydrogen) atoms. The molecule has 4 bridgehead atoms. The molecule has 2 fully saturated rings. The molecular formula is C38H46O7. The van der Waals surface area contributed by atoms with Gasteiger partial charge in [0.05, 0.1) is 5.60 Å². The van der Waals surface area contributed by atoms with Crippen LogP contribution < -0.4 is 4.74 Å². The number of carbonyl (C=O) groups excluding carboxylic acids is 3. The number of hydrogen-bond donors (Lipinski definition) is 2. The second-order valence-corrected chi connectivity index (χ2v) is 14.2. The van der Waals surface area contributed by atoms with Gasteiger partial charge in [-0.1, -0.05) is 47.1 Å². The Morgan fingerprint density at radius 2 is 1.60 bits per heavy atom. The maximum Gasteiger partial charge on any atom is 0.200 e. The fraction of sp³-hybridized carbons (Fsp3) is 0.500. The van der Waals surface area contributed by atoms with Crippen LogP contribution >= 0.6 is 0 Å². The summed E-state index contributed by atoms with van der Waals surface area (Å²) in [5.74, 6) is -1.83. The first-order chi connectivity index (χ1) is 21.1. The van der Waals surface area contributed by atoms with Crippen LogP contribution in [0, 0.1) is 11.8 Å². The van der Waals surface area contributed by atoms with E-state index in [1.807, 2.05) is 46.8 Å². The smallest absolute Gasteiger partial charge is 0.200 e. The van der Waals surface area contributed by atoms with Gasteiger partial charge in [0, 0.05) is 35.0 Å². The van der Waals surface area contributed by atoms with Crippen molar-refractivity contribution >= 4 is 17.9 Å². The van der Waals surface area contributed by atoms with Crippen molar-refractivity contribution in [1.29, 1.82) is 0 Å². The van der Waals surface area contributed by atoms with Crippen LogP contribution in [0.2, 0.25) is 0 Å². The Kier molecular flexibility index (Phi) is 8.41. The number of phenolic OH excluding ortho intramolecular Hbond substituents is 2. The molecule has 1 spiro atoms. The van der Waals surface area contributed by atoms with E-state index in [1.165, 1.54) is 5.57 Å². The zero-order valence-electron chi connectivity index (χ0n) is 27.8. The second kappa shape index (κ2) is 11.6. The molecule has 0 radical (unpaired) electrons. The molecule has 5 aliphatic rings. The summed E-state index contributed by atoms with van der Waals surface area (Å²) < 4.78 is 13.7. The lowest BCUT2D eigenvalue weighted by molar-refractivity contribution is -0.171. The monoisotopic (exact) mass is 614 g/mol. The summed E-state index contributed by atoms with van der Waals surface area (Å²) in [6.45, 7) is 15.5. The Labute approximate surface area is 266 Å². The molecule has 4 atom stereocenters. The molecule has 6 rings (SSSR count). The number of hydrogen-bond acceptors (Lipinski definition) is 7. The van der Waals surface area contributed by atoms with Crippen molar-refractivity contribution < 1.29 is 34.1 Å². The number of allylic oxidation sites excluding steroid dienone is 8. The summed E-state index contributed by atoms with van der Waals surface area (Å²) in [5, 5.41) is 23.4. The van der Waals surface area contributed by atoms with Crippen molar-refractivity contribution in [2.45, 2.75) is 111 Å². The normalized spacial score (nSPS) is 27.8. The lowest BCUT2D eigenvalue weighted by Crippen LogP contribution is -2.72. The number of fused-ring (bicyclic) bond motifs is 1. The van der Waals surface area contributed by atoms with Gasteiger partial charge in [-0.05, 0) is 93.1 Å². The number of Topliss-reactive ketones (excluding diaryl/α,β-unsaturated/α-hetero) is 2. The average molecular weight is 615 g/mol. The van der Waals surface area contributed by atoms with Crippen molar-refractivity contribution in [3.63, 3.8) is 0 Å². The minimum atomic E-state index is -1.55. The minimum absolute atomic E-state index is 0.0133. The molecule has 0 aromatic heterocycles. The van der Waals surface area contributed by atoms with E-state index in [0.29, 0.717) is 23.1 Å². The highest BCUT2D eigenvalue weighted by Crippen LogP contribution is 2.68. The molecule has 7 nitrogen and oxygen atoms in total. The van der Waals surface area contributed by atoms with Crippen LogP contribution in [-0.4, -0.2) is 44.9 Å². The molecule has 1 saturated carbocycles. The van der Waals surface area contributed by atoms with Crippen LogP contribution in [0.1, 0.15) is 103 Å². The van der Waals surface area contributed by atoms with E-state index in [-0.39, 0.29) is 59.3 Å². The topological polar surface area (TPSA) is 110 Å². The standard InChI is InChI=1S/C38H46O7/c1-21(2)10-9-11-23(5)13-15-26-31(40)27(14-12-22(3)4)34-30(32(26)41)33(42)28-18-25-19-29-36(7,8)45-37(35(25)43,38(28,29)44-34)17-16-24(6)20-39/h10,12-13,16,18,20,25,29,40-41H,9,11,14-15,17,19H2,1-8H3/t25-,29+,37+,38-/m1/s1. The molecule has 1 saturated heterocycles. The number of ether oxygens (including phenoxy) is 2. The Bertz CT molecular complexity index is 1620. The number of aldehydes is 1. The Morgan fingerprint density at radius 1 is 0.933 bits per heavy atom. The number of carbonyl (C=O) groups is 3. The highest BCUT2D eigenvalue weighted by atomic mass is 16.6. The molecule has 0 amide bonds. The SMILES string of the molecule is CC(C)=CCCC(C)=CCc1c(O)c(CC=C(C)C)c2c(c1O)C(=O)C1=C[C@@H]3C[C@H]4C(C)(C)O[C@@](CC=C(C)C=O)(C3=O)[C@@]14O2. The largest absolute Gasteiger partial charge is 0.507 e. The summed E-state index contributed by atoms with van der Waals surface area (Å²) in [5.41, 5.74) is 0.953. The maximum absolute atomic E-state index is 14.7. The molecule has 240 valence electrons. The van der Waals surface area contributed by atoms with Crippen LogP contribution in [0.25, 0.3) is 0 Å². The number of benzene rings is 1. The van der Waals surface area contributed by atoms with E-state index < -0.39 is 28.5 Å². The maximum atomic E-state index is 14.7. The van der Waals surface area contributed by atoms with Gasteiger partial charge in [-0.25, -0.2) is 0 Å². The fourth-order valence-corrected chi connectivity index (χ4v) is 7.77. The number of rotatable bonds is 10. The third-order valence-corrected chi connectivity index (χ3v) is 10.0. The van der Waals surface area contributed by atoms with Crippen molar-refractivity contribution in [1.82, 2.24) is 0 Å². The van der Waals surface area contributed by atoms with Crippen LogP contribution in [0.4, 0.5) is 0 Å². The minimum Gasteiger partial charge on any atom is -0.507 e. The second-order valence-electron chi connectivity index (χ2n) is 14.2. The zero-order valence-corrected chi connectivity index (χ0v) is 27.8. The lowest BCUT2D eigenvalue weighted by Gasteiger charge is -2.56. The summed E-state index contributed by atoms with van der Waals surface area (Å²) in [6.07, 6.45) is 12.9. The van der Waals surface area contributed by atoms with Gasteiger partial charge >= 0.3 is 0 Å². The van der Waals surface area contributed by atoms with Crippen molar-refractivity contribution in [3.8, 4) is 17.2 Å². The Morgan fingerprint density at radius 3 is 2.24 bits per heavy atom. The lowest BCUT2D eigenvalue weighted by atomic mass is 9.51. The average Bonchev–Trinajstić information content (AvgIpc) is 3.12. The first kappa shape index (κ1) is 32.7. The molecule has 2 N–H and O–H groups in total. The van der Waals surface area contributed by atoms with Crippen molar-refractivity contribution in [3.05, 3.63) is 74.9 Å². The molecule has 3 aliphatic carbocycles. The molecular weight excluding hydrogens is 568 g/mol. The van der Waals surface area contributed by atoms with Crippen molar-refractivity contribution in [2.24, 2.45) is 11.8 Å². The predicted molar refractivity (Wildman–Crippen MR) is 174 cm³/mol. The summed E-state index contributed by atoms with van der Waals surface area (Å²) in [4.78, 5) is 40.4. The van der Waals surface area contributed by atoms with Gasteiger partial charge in [0.15, 0.2) is 22.8 Å². The molecule has 1 aromatic carbocycles. The van der Waals surface area contributed by atoms with Crippen LogP contribution in [0.5, 0.6) is 17.2 Å². The third kappa shape index (κ3) is 5.04. The Hall–Kier alpha value is -3.71. The first-order valence-corrected chi connectivity index (χ1v) is 16.0. The summed E-state index contributed by atoms with van der Waals surface area (Å²) in [6, 6.07) is 0. The van der Waals surface area contributed by atoms with Crippen molar-refractivity contribution in [2.75, 3.05) is 0 Å². The highest BCUT2D eigenvalue weighted by Gasteiger charge is 2.81. The van der Waals surface area contributed by atoms with E-state index in [1.54, 1.807) is 19.1 Å². The Balaban J connectivity index is 1.71. The third-order valence-electron chi connectivity index (χ3n) is 10.0. The highest BCUT2D eigenvalue weighted by molar-refractivity contribution is 6.18. The van der Waals surface area contributed by atoms with Crippen LogP contribution in [0.15, 0.2) is 58.2 Å². The van der Waals surface area contributed by atoms with Gasteiger partial charge in [0.2, 0.25) is 0 Å².